The molecule has 0 radical (unpaired) electrons. The number of halogens is 2. The molecule has 1 N–H and O–H groups in total. The van der Waals surface area contributed by atoms with E-state index in [1.807, 2.05) is 6.92 Å². The second kappa shape index (κ2) is 5.53. The first-order valence-electron chi connectivity index (χ1n) is 5.81. The molecule has 3 heteroatoms. The fraction of sp³-hybridized carbons (Fsp3) is 0.200. The van der Waals surface area contributed by atoms with Gasteiger partial charge in [0.15, 0.2) is 0 Å². The predicted octanol–water partition coefficient (Wildman–Crippen LogP) is 4.82. The zero-order valence-electron chi connectivity index (χ0n) is 10.4. The summed E-state index contributed by atoms with van der Waals surface area (Å²) in [6.45, 7) is 4.70. The van der Waals surface area contributed by atoms with Gasteiger partial charge >= 0.3 is 0 Å². The highest BCUT2D eigenvalue weighted by molar-refractivity contribution is 9.10. The van der Waals surface area contributed by atoms with Gasteiger partial charge in [0.05, 0.1) is 0 Å². The lowest BCUT2D eigenvalue weighted by atomic mass is 10.1. The van der Waals surface area contributed by atoms with Crippen LogP contribution in [-0.4, -0.2) is 0 Å². The topological polar surface area (TPSA) is 12.0 Å². The van der Waals surface area contributed by atoms with E-state index in [0.29, 0.717) is 6.54 Å². The van der Waals surface area contributed by atoms with E-state index in [1.54, 1.807) is 6.07 Å². The number of nitrogens with one attached hydrogen (secondary N) is 1. The molecule has 0 saturated carbocycles. The van der Waals surface area contributed by atoms with Crippen LogP contribution >= 0.6 is 15.9 Å². The monoisotopic (exact) mass is 307 g/mol. The molecule has 0 atom stereocenters. The van der Waals surface area contributed by atoms with Crippen LogP contribution in [0.1, 0.15) is 16.7 Å². The van der Waals surface area contributed by atoms with Gasteiger partial charge < -0.3 is 5.32 Å². The van der Waals surface area contributed by atoms with Crippen LogP contribution in [0.15, 0.2) is 40.9 Å². The maximum atomic E-state index is 13.1. The summed E-state index contributed by atoms with van der Waals surface area (Å²) in [6.07, 6.45) is 0. The van der Waals surface area contributed by atoms with Crippen molar-refractivity contribution in [1.29, 1.82) is 0 Å². The normalized spacial score (nSPS) is 10.4. The molecule has 0 heterocycles. The van der Waals surface area contributed by atoms with Crippen molar-refractivity contribution in [3.05, 3.63) is 63.4 Å². The summed E-state index contributed by atoms with van der Waals surface area (Å²) in [5.74, 6) is -0.215. The summed E-state index contributed by atoms with van der Waals surface area (Å²) in [5.41, 5.74) is 4.26. The van der Waals surface area contributed by atoms with Crippen LogP contribution in [0.4, 0.5) is 10.1 Å². The highest BCUT2D eigenvalue weighted by atomic mass is 79.9. The SMILES string of the molecule is Cc1ccc(CNc2cc(F)ccc2C)cc1Br. The van der Waals surface area contributed by atoms with E-state index in [-0.39, 0.29) is 5.82 Å². The van der Waals surface area contributed by atoms with E-state index < -0.39 is 0 Å². The molecule has 18 heavy (non-hydrogen) atoms. The van der Waals surface area contributed by atoms with Gasteiger partial charge in [-0.15, -0.1) is 0 Å². The van der Waals surface area contributed by atoms with E-state index in [2.05, 4.69) is 46.4 Å². The first-order chi connectivity index (χ1) is 8.56. The standard InChI is InChI=1S/C15H15BrFN/c1-10-3-5-12(7-14(10)16)9-18-15-8-13(17)6-4-11(15)2/h3-8,18H,9H2,1-2H3. The Labute approximate surface area is 115 Å². The molecule has 2 rings (SSSR count). The van der Waals surface area contributed by atoms with Gasteiger partial charge in [0.1, 0.15) is 5.82 Å². The van der Waals surface area contributed by atoms with Crippen molar-refractivity contribution in [2.24, 2.45) is 0 Å². The average Bonchev–Trinajstić information content (AvgIpc) is 2.34. The zero-order chi connectivity index (χ0) is 13.1. The molecule has 0 aliphatic heterocycles. The Morgan fingerprint density at radius 1 is 1.06 bits per heavy atom. The van der Waals surface area contributed by atoms with Crippen LogP contribution in [0.5, 0.6) is 0 Å². The van der Waals surface area contributed by atoms with Gasteiger partial charge in [-0.25, -0.2) is 4.39 Å². The average molecular weight is 308 g/mol. The van der Waals surface area contributed by atoms with Crippen LogP contribution in [-0.2, 0) is 6.54 Å². The molecule has 2 aromatic carbocycles. The minimum absolute atomic E-state index is 0.215. The minimum Gasteiger partial charge on any atom is -0.381 e. The number of benzene rings is 2. The number of hydrogen-bond acceptors (Lipinski definition) is 1. The molecule has 94 valence electrons. The van der Waals surface area contributed by atoms with E-state index >= 15 is 0 Å². The molecule has 0 aliphatic carbocycles. The molecule has 0 amide bonds. The van der Waals surface area contributed by atoms with Gasteiger partial charge in [0.25, 0.3) is 0 Å². The smallest absolute Gasteiger partial charge is 0.125 e. The van der Waals surface area contributed by atoms with E-state index in [9.17, 15) is 4.39 Å². The Balaban J connectivity index is 2.11. The van der Waals surface area contributed by atoms with Gasteiger partial charge in [-0.05, 0) is 48.7 Å². The zero-order valence-corrected chi connectivity index (χ0v) is 12.0. The summed E-state index contributed by atoms with van der Waals surface area (Å²) in [5, 5.41) is 3.26. The Kier molecular flexibility index (Phi) is 4.02. The molecule has 0 aromatic heterocycles. The van der Waals surface area contributed by atoms with E-state index in [4.69, 9.17) is 0 Å². The van der Waals surface area contributed by atoms with Crippen LogP contribution in [0.3, 0.4) is 0 Å². The maximum Gasteiger partial charge on any atom is 0.125 e. The minimum atomic E-state index is -0.215. The van der Waals surface area contributed by atoms with Crippen LogP contribution in [0.2, 0.25) is 0 Å². The number of aryl methyl sites for hydroxylation is 2. The first-order valence-corrected chi connectivity index (χ1v) is 6.60. The van der Waals surface area contributed by atoms with Crippen LogP contribution in [0.25, 0.3) is 0 Å². The molecule has 0 spiro atoms. The second-order valence-electron chi connectivity index (χ2n) is 4.40. The number of rotatable bonds is 3. The Morgan fingerprint density at radius 2 is 1.78 bits per heavy atom. The van der Waals surface area contributed by atoms with Crippen molar-refractivity contribution in [2.75, 3.05) is 5.32 Å². The summed E-state index contributed by atoms with van der Waals surface area (Å²) < 4.78 is 14.2. The largest absolute Gasteiger partial charge is 0.381 e. The molecule has 0 aliphatic rings. The van der Waals surface area contributed by atoms with Gasteiger partial charge in [-0.1, -0.05) is 34.1 Å². The molecular weight excluding hydrogens is 293 g/mol. The van der Waals surface area contributed by atoms with E-state index in [1.165, 1.54) is 17.7 Å². The molecule has 0 saturated heterocycles. The molecule has 0 unspecified atom stereocenters. The molecular formula is C15H15BrFN. The lowest BCUT2D eigenvalue weighted by Gasteiger charge is -2.10. The first kappa shape index (κ1) is 13.1. The summed E-state index contributed by atoms with van der Waals surface area (Å²) in [7, 11) is 0. The van der Waals surface area contributed by atoms with Crippen molar-refractivity contribution in [2.45, 2.75) is 20.4 Å². The summed E-state index contributed by atoms with van der Waals surface area (Å²) in [6, 6.07) is 11.0. The van der Waals surface area contributed by atoms with E-state index in [0.717, 1.165) is 21.3 Å². The van der Waals surface area contributed by atoms with Crippen molar-refractivity contribution in [3.8, 4) is 0 Å². The van der Waals surface area contributed by atoms with Crippen LogP contribution < -0.4 is 5.32 Å². The highest BCUT2D eigenvalue weighted by Gasteiger charge is 2.01. The summed E-state index contributed by atoms with van der Waals surface area (Å²) >= 11 is 3.51. The quantitative estimate of drug-likeness (QED) is 0.857. The van der Waals surface area contributed by atoms with Gasteiger partial charge in [-0.3, -0.25) is 0 Å². The van der Waals surface area contributed by atoms with Crippen molar-refractivity contribution in [3.63, 3.8) is 0 Å². The molecule has 1 nitrogen and oxygen atoms in total. The molecule has 0 bridgehead atoms. The van der Waals surface area contributed by atoms with Crippen molar-refractivity contribution >= 4 is 21.6 Å². The van der Waals surface area contributed by atoms with Gasteiger partial charge in [0, 0.05) is 16.7 Å². The Hall–Kier alpha value is -1.35. The fourth-order valence-electron chi connectivity index (χ4n) is 1.73. The highest BCUT2D eigenvalue weighted by Crippen LogP contribution is 2.20. The molecule has 2 aromatic rings. The third-order valence-electron chi connectivity index (χ3n) is 2.92. The predicted molar refractivity (Wildman–Crippen MR) is 77.3 cm³/mol. The molecule has 0 fully saturated rings. The van der Waals surface area contributed by atoms with Gasteiger partial charge in [-0.2, -0.15) is 0 Å². The lowest BCUT2D eigenvalue weighted by Crippen LogP contribution is -2.01. The van der Waals surface area contributed by atoms with Crippen molar-refractivity contribution in [1.82, 2.24) is 0 Å². The second-order valence-corrected chi connectivity index (χ2v) is 5.25. The third-order valence-corrected chi connectivity index (χ3v) is 3.77. The summed E-state index contributed by atoms with van der Waals surface area (Å²) in [4.78, 5) is 0. The maximum absolute atomic E-state index is 13.1. The Morgan fingerprint density at radius 3 is 2.50 bits per heavy atom. The lowest BCUT2D eigenvalue weighted by molar-refractivity contribution is 0.628. The number of hydrogen-bond donors (Lipinski definition) is 1. The third kappa shape index (κ3) is 3.10. The Bertz CT molecular complexity index is 566. The van der Waals surface area contributed by atoms with Gasteiger partial charge in [0.2, 0.25) is 0 Å². The fourth-order valence-corrected chi connectivity index (χ4v) is 2.15. The van der Waals surface area contributed by atoms with Crippen LogP contribution in [0, 0.1) is 19.7 Å². The van der Waals surface area contributed by atoms with Crippen molar-refractivity contribution < 1.29 is 4.39 Å². The number of anilines is 1.